The van der Waals surface area contributed by atoms with Crippen LogP contribution in [0.25, 0.3) is 0 Å². The van der Waals surface area contributed by atoms with Crippen molar-refractivity contribution in [3.05, 3.63) is 0 Å². The summed E-state index contributed by atoms with van der Waals surface area (Å²) in [6.07, 6.45) is 8.07. The van der Waals surface area contributed by atoms with Crippen LogP contribution in [-0.2, 0) is 0 Å². The van der Waals surface area contributed by atoms with Gasteiger partial charge in [-0.2, -0.15) is 0 Å². The van der Waals surface area contributed by atoms with Crippen LogP contribution in [0.2, 0.25) is 0 Å². The number of hydrogen-bond acceptors (Lipinski definition) is 2. The standard InChI is InChI=1S/C9H20N2/c10-7-4-2-1-3-5-9-6-8-11-9/h9,11H,1-8,10H2. The molecule has 66 valence electrons. The lowest BCUT2D eigenvalue weighted by Gasteiger charge is -2.27. The second kappa shape index (κ2) is 5.56. The van der Waals surface area contributed by atoms with E-state index in [-0.39, 0.29) is 0 Å². The molecule has 11 heavy (non-hydrogen) atoms. The highest BCUT2D eigenvalue weighted by Gasteiger charge is 2.14. The molecular formula is C9H20N2. The summed E-state index contributed by atoms with van der Waals surface area (Å²) >= 11 is 0. The second-order valence-electron chi connectivity index (χ2n) is 3.43. The zero-order chi connectivity index (χ0) is 7.94. The number of rotatable bonds is 6. The van der Waals surface area contributed by atoms with Gasteiger partial charge in [0.25, 0.3) is 0 Å². The molecule has 1 fully saturated rings. The molecule has 0 bridgehead atoms. The van der Waals surface area contributed by atoms with Crippen LogP contribution in [0, 0.1) is 0 Å². The van der Waals surface area contributed by atoms with E-state index in [2.05, 4.69) is 5.32 Å². The van der Waals surface area contributed by atoms with Crippen LogP contribution in [0.1, 0.15) is 38.5 Å². The Bertz CT molecular complexity index is 89.6. The first-order valence-electron chi connectivity index (χ1n) is 4.87. The molecule has 0 spiro atoms. The van der Waals surface area contributed by atoms with E-state index in [1.54, 1.807) is 0 Å². The Kier molecular flexibility index (Phi) is 4.55. The van der Waals surface area contributed by atoms with E-state index in [0.29, 0.717) is 0 Å². The lowest BCUT2D eigenvalue weighted by Crippen LogP contribution is -2.42. The Hall–Kier alpha value is -0.0800. The lowest BCUT2D eigenvalue weighted by atomic mass is 10.00. The summed E-state index contributed by atoms with van der Waals surface area (Å²) in [5, 5.41) is 3.41. The van der Waals surface area contributed by atoms with Crippen LogP contribution in [0.15, 0.2) is 0 Å². The third kappa shape index (κ3) is 3.73. The maximum atomic E-state index is 5.40. The maximum Gasteiger partial charge on any atom is 0.00791 e. The van der Waals surface area contributed by atoms with Crippen LogP contribution < -0.4 is 11.1 Å². The van der Waals surface area contributed by atoms with Gasteiger partial charge in [-0.05, 0) is 32.4 Å². The van der Waals surface area contributed by atoms with Gasteiger partial charge in [-0.3, -0.25) is 0 Å². The monoisotopic (exact) mass is 156 g/mol. The maximum absolute atomic E-state index is 5.40. The highest BCUT2D eigenvalue weighted by Crippen LogP contribution is 2.11. The molecule has 1 unspecified atom stereocenters. The molecule has 1 atom stereocenters. The van der Waals surface area contributed by atoms with Crippen molar-refractivity contribution in [1.29, 1.82) is 0 Å². The number of hydrogen-bond donors (Lipinski definition) is 2. The van der Waals surface area contributed by atoms with Gasteiger partial charge >= 0.3 is 0 Å². The van der Waals surface area contributed by atoms with Gasteiger partial charge in [-0.15, -0.1) is 0 Å². The van der Waals surface area contributed by atoms with Crippen molar-refractivity contribution in [3.63, 3.8) is 0 Å². The molecule has 0 radical (unpaired) electrons. The van der Waals surface area contributed by atoms with Crippen molar-refractivity contribution in [2.24, 2.45) is 5.73 Å². The van der Waals surface area contributed by atoms with Crippen molar-refractivity contribution < 1.29 is 0 Å². The number of nitrogens with two attached hydrogens (primary N) is 1. The fraction of sp³-hybridized carbons (Fsp3) is 1.00. The predicted molar refractivity (Wildman–Crippen MR) is 48.5 cm³/mol. The van der Waals surface area contributed by atoms with E-state index in [9.17, 15) is 0 Å². The Balaban J connectivity index is 1.73. The molecule has 1 aliphatic heterocycles. The summed E-state index contributed by atoms with van der Waals surface area (Å²) in [6, 6.07) is 0.855. The molecule has 2 nitrogen and oxygen atoms in total. The Morgan fingerprint density at radius 1 is 1.18 bits per heavy atom. The van der Waals surface area contributed by atoms with Crippen molar-refractivity contribution in [1.82, 2.24) is 5.32 Å². The molecule has 0 aliphatic carbocycles. The van der Waals surface area contributed by atoms with Gasteiger partial charge < -0.3 is 11.1 Å². The summed E-state index contributed by atoms with van der Waals surface area (Å²) in [5.74, 6) is 0. The van der Waals surface area contributed by atoms with Crippen LogP contribution in [-0.4, -0.2) is 19.1 Å². The molecule has 1 aliphatic rings. The van der Waals surface area contributed by atoms with Crippen molar-refractivity contribution >= 4 is 0 Å². The lowest BCUT2D eigenvalue weighted by molar-refractivity contribution is 0.339. The normalized spacial score (nSPS) is 23.2. The largest absolute Gasteiger partial charge is 0.330 e. The smallest absolute Gasteiger partial charge is 0.00791 e. The van der Waals surface area contributed by atoms with Gasteiger partial charge in [0.15, 0.2) is 0 Å². The fourth-order valence-electron chi connectivity index (χ4n) is 1.48. The fourth-order valence-corrected chi connectivity index (χ4v) is 1.48. The first-order chi connectivity index (χ1) is 5.43. The highest BCUT2D eigenvalue weighted by molar-refractivity contribution is 4.76. The summed E-state index contributed by atoms with van der Waals surface area (Å²) in [5.41, 5.74) is 5.40. The Morgan fingerprint density at radius 2 is 1.91 bits per heavy atom. The van der Waals surface area contributed by atoms with Crippen LogP contribution in [0.5, 0.6) is 0 Å². The third-order valence-electron chi connectivity index (χ3n) is 2.43. The second-order valence-corrected chi connectivity index (χ2v) is 3.43. The molecule has 0 aromatic rings. The van der Waals surface area contributed by atoms with Crippen molar-refractivity contribution in [3.8, 4) is 0 Å². The number of unbranched alkanes of at least 4 members (excludes halogenated alkanes) is 3. The predicted octanol–water partition coefficient (Wildman–Crippen LogP) is 1.26. The third-order valence-corrected chi connectivity index (χ3v) is 2.43. The molecule has 1 saturated heterocycles. The van der Waals surface area contributed by atoms with E-state index in [0.717, 1.165) is 12.6 Å². The zero-order valence-electron chi connectivity index (χ0n) is 7.31. The average Bonchev–Trinajstić information content (AvgIpc) is 1.93. The first kappa shape index (κ1) is 9.01. The topological polar surface area (TPSA) is 38.0 Å². The molecular weight excluding hydrogens is 136 g/mol. The molecule has 2 heteroatoms. The molecule has 3 N–H and O–H groups in total. The van der Waals surface area contributed by atoms with Crippen molar-refractivity contribution in [2.45, 2.75) is 44.6 Å². The van der Waals surface area contributed by atoms with Gasteiger partial charge in [0.1, 0.15) is 0 Å². The van der Waals surface area contributed by atoms with Gasteiger partial charge in [0.2, 0.25) is 0 Å². The van der Waals surface area contributed by atoms with E-state index >= 15 is 0 Å². The minimum atomic E-state index is 0.855. The Morgan fingerprint density at radius 3 is 2.45 bits per heavy atom. The molecule has 1 heterocycles. The van der Waals surface area contributed by atoms with E-state index in [1.165, 1.54) is 45.1 Å². The highest BCUT2D eigenvalue weighted by atomic mass is 15.0. The molecule has 0 amide bonds. The summed E-state index contributed by atoms with van der Waals surface area (Å²) in [4.78, 5) is 0. The minimum Gasteiger partial charge on any atom is -0.330 e. The Labute approximate surface area is 69.5 Å². The molecule has 1 rings (SSSR count). The van der Waals surface area contributed by atoms with Gasteiger partial charge in [0.05, 0.1) is 0 Å². The van der Waals surface area contributed by atoms with Gasteiger partial charge in [-0.25, -0.2) is 0 Å². The van der Waals surface area contributed by atoms with Crippen molar-refractivity contribution in [2.75, 3.05) is 13.1 Å². The zero-order valence-corrected chi connectivity index (χ0v) is 7.31. The van der Waals surface area contributed by atoms with Crippen LogP contribution in [0.3, 0.4) is 0 Å². The van der Waals surface area contributed by atoms with E-state index in [1.807, 2.05) is 0 Å². The molecule has 0 saturated carbocycles. The minimum absolute atomic E-state index is 0.855. The van der Waals surface area contributed by atoms with E-state index in [4.69, 9.17) is 5.73 Å². The molecule has 0 aromatic carbocycles. The number of nitrogens with one attached hydrogen (secondary N) is 1. The van der Waals surface area contributed by atoms with Crippen LogP contribution >= 0.6 is 0 Å². The summed E-state index contributed by atoms with van der Waals surface area (Å²) < 4.78 is 0. The first-order valence-corrected chi connectivity index (χ1v) is 4.87. The average molecular weight is 156 g/mol. The van der Waals surface area contributed by atoms with Gasteiger partial charge in [-0.1, -0.05) is 19.3 Å². The van der Waals surface area contributed by atoms with Crippen LogP contribution in [0.4, 0.5) is 0 Å². The van der Waals surface area contributed by atoms with E-state index < -0.39 is 0 Å². The summed E-state index contributed by atoms with van der Waals surface area (Å²) in [6.45, 7) is 2.11. The quantitative estimate of drug-likeness (QED) is 0.568. The summed E-state index contributed by atoms with van der Waals surface area (Å²) in [7, 11) is 0. The van der Waals surface area contributed by atoms with Gasteiger partial charge in [0, 0.05) is 6.04 Å². The SMILES string of the molecule is NCCCCCCC1CCN1. The molecule has 0 aromatic heterocycles.